The lowest BCUT2D eigenvalue weighted by Gasteiger charge is -2.11. The van der Waals surface area contributed by atoms with E-state index < -0.39 is 0 Å². The Bertz CT molecular complexity index is 309. The van der Waals surface area contributed by atoms with Gasteiger partial charge < -0.3 is 4.90 Å². The second-order valence-electron chi connectivity index (χ2n) is 3.19. The number of anilines is 1. The van der Waals surface area contributed by atoms with Crippen molar-refractivity contribution in [3.63, 3.8) is 0 Å². The zero-order chi connectivity index (χ0) is 10.6. The largest absolute Gasteiger partial charge is 0.351 e. The highest BCUT2D eigenvalue weighted by molar-refractivity contribution is 7.17. The Labute approximate surface area is 88.8 Å². The van der Waals surface area contributed by atoms with E-state index >= 15 is 0 Å². The summed E-state index contributed by atoms with van der Waals surface area (Å²) in [6.07, 6.45) is 2.83. The van der Waals surface area contributed by atoms with Gasteiger partial charge in [0.25, 0.3) is 0 Å². The number of hydrogen-bond acceptors (Lipinski definition) is 4. The molecule has 1 aromatic heterocycles. The molecular weight excluding hydrogens is 196 g/mol. The first-order valence-corrected chi connectivity index (χ1v) is 5.70. The molecule has 0 aliphatic heterocycles. The molecule has 0 aliphatic carbocycles. The lowest BCUT2D eigenvalue weighted by atomic mass is 10.2. The fourth-order valence-corrected chi connectivity index (χ4v) is 2.11. The van der Waals surface area contributed by atoms with Crippen molar-refractivity contribution in [2.24, 2.45) is 0 Å². The summed E-state index contributed by atoms with van der Waals surface area (Å²) in [6, 6.07) is 0. The first-order valence-electron chi connectivity index (χ1n) is 4.88. The van der Waals surface area contributed by atoms with E-state index in [2.05, 4.69) is 23.7 Å². The van der Waals surface area contributed by atoms with Gasteiger partial charge in [-0.1, -0.05) is 24.7 Å². The molecular formula is C10H16N2OS. The van der Waals surface area contributed by atoms with Gasteiger partial charge >= 0.3 is 0 Å². The van der Waals surface area contributed by atoms with Crippen LogP contribution in [0.2, 0.25) is 0 Å². The van der Waals surface area contributed by atoms with Crippen molar-refractivity contribution in [1.29, 1.82) is 0 Å². The summed E-state index contributed by atoms with van der Waals surface area (Å²) in [6.45, 7) is 5.08. The molecule has 0 radical (unpaired) electrons. The van der Waals surface area contributed by atoms with E-state index in [0.717, 1.165) is 41.4 Å². The van der Waals surface area contributed by atoms with Crippen molar-refractivity contribution in [1.82, 2.24) is 4.98 Å². The van der Waals surface area contributed by atoms with E-state index in [0.29, 0.717) is 0 Å². The smallest absolute Gasteiger partial charge is 0.185 e. The molecule has 0 bridgehead atoms. The molecule has 1 aromatic rings. The summed E-state index contributed by atoms with van der Waals surface area (Å²) in [7, 11) is 1.99. The van der Waals surface area contributed by atoms with E-state index in [1.54, 1.807) is 0 Å². The van der Waals surface area contributed by atoms with Crippen molar-refractivity contribution in [3.8, 4) is 0 Å². The fourth-order valence-electron chi connectivity index (χ4n) is 1.16. The fraction of sp³-hybridized carbons (Fsp3) is 0.600. The molecule has 14 heavy (non-hydrogen) atoms. The molecule has 0 aliphatic rings. The average molecular weight is 212 g/mol. The van der Waals surface area contributed by atoms with Gasteiger partial charge in [0, 0.05) is 13.6 Å². The van der Waals surface area contributed by atoms with Crippen LogP contribution < -0.4 is 4.90 Å². The van der Waals surface area contributed by atoms with Gasteiger partial charge in [-0.3, -0.25) is 4.79 Å². The van der Waals surface area contributed by atoms with Gasteiger partial charge in [0.05, 0.1) is 10.6 Å². The molecule has 0 aromatic carbocycles. The number of thiazole rings is 1. The summed E-state index contributed by atoms with van der Waals surface area (Å²) < 4.78 is 0. The molecule has 0 fully saturated rings. The van der Waals surface area contributed by atoms with Crippen LogP contribution in [-0.4, -0.2) is 24.9 Å². The maximum Gasteiger partial charge on any atom is 0.185 e. The zero-order valence-electron chi connectivity index (χ0n) is 8.91. The number of rotatable bonds is 5. The maximum absolute atomic E-state index is 10.8. The topological polar surface area (TPSA) is 33.2 Å². The summed E-state index contributed by atoms with van der Waals surface area (Å²) in [5, 5.41) is 0.943. The molecule has 4 heteroatoms. The third-order valence-corrected chi connectivity index (χ3v) is 3.25. The van der Waals surface area contributed by atoms with Gasteiger partial charge in [-0.25, -0.2) is 4.98 Å². The molecule has 1 heterocycles. The van der Waals surface area contributed by atoms with E-state index in [1.807, 2.05) is 7.05 Å². The second kappa shape index (κ2) is 5.10. The molecule has 0 N–H and O–H groups in total. The minimum Gasteiger partial charge on any atom is -0.351 e. The van der Waals surface area contributed by atoms with Crippen LogP contribution in [0.1, 0.15) is 35.6 Å². The van der Waals surface area contributed by atoms with Crippen molar-refractivity contribution < 1.29 is 4.79 Å². The first kappa shape index (κ1) is 11.2. The molecule has 1 rings (SSSR count). The molecule has 0 amide bonds. The van der Waals surface area contributed by atoms with Crippen LogP contribution >= 0.6 is 11.3 Å². The van der Waals surface area contributed by atoms with Crippen LogP contribution in [0.15, 0.2) is 0 Å². The number of nitrogens with zero attached hydrogens (tertiary/aromatic N) is 2. The predicted octanol–water partition coefficient (Wildman–Crippen LogP) is 2.36. The van der Waals surface area contributed by atoms with Crippen LogP contribution in [-0.2, 0) is 6.42 Å². The van der Waals surface area contributed by atoms with Crippen molar-refractivity contribution >= 4 is 22.8 Å². The van der Waals surface area contributed by atoms with Crippen LogP contribution in [0.4, 0.5) is 5.13 Å². The first-order chi connectivity index (χ1) is 6.72. The van der Waals surface area contributed by atoms with Gasteiger partial charge in [-0.2, -0.15) is 0 Å². The lowest BCUT2D eigenvalue weighted by molar-refractivity contribution is 0.112. The van der Waals surface area contributed by atoms with Gasteiger partial charge in [0.15, 0.2) is 11.4 Å². The van der Waals surface area contributed by atoms with Crippen LogP contribution in [0.3, 0.4) is 0 Å². The molecule has 3 nitrogen and oxygen atoms in total. The molecule has 0 saturated carbocycles. The van der Waals surface area contributed by atoms with E-state index in [4.69, 9.17) is 0 Å². The molecule has 0 atom stereocenters. The van der Waals surface area contributed by atoms with Gasteiger partial charge in [0.2, 0.25) is 0 Å². The van der Waals surface area contributed by atoms with E-state index in [1.165, 1.54) is 11.3 Å². The summed E-state index contributed by atoms with van der Waals surface area (Å²) >= 11 is 1.48. The second-order valence-corrected chi connectivity index (χ2v) is 4.20. The number of carbonyl (C=O) groups excluding carboxylic acids is 1. The quantitative estimate of drug-likeness (QED) is 0.702. The molecule has 0 spiro atoms. The maximum atomic E-state index is 10.8. The van der Waals surface area contributed by atoms with E-state index in [-0.39, 0.29) is 0 Å². The van der Waals surface area contributed by atoms with Gasteiger partial charge in [-0.15, -0.1) is 0 Å². The number of aromatic nitrogens is 1. The zero-order valence-corrected chi connectivity index (χ0v) is 9.73. The summed E-state index contributed by atoms with van der Waals surface area (Å²) in [4.78, 5) is 18.1. The number of aryl methyl sites for hydroxylation is 1. The Morgan fingerprint density at radius 3 is 2.71 bits per heavy atom. The predicted molar refractivity (Wildman–Crippen MR) is 60.4 cm³/mol. The van der Waals surface area contributed by atoms with Crippen LogP contribution in [0.25, 0.3) is 0 Å². The molecule has 0 saturated heterocycles. The Morgan fingerprint density at radius 1 is 1.50 bits per heavy atom. The van der Waals surface area contributed by atoms with Gasteiger partial charge in [0.1, 0.15) is 0 Å². The SMILES string of the molecule is CCCc1nc(N(C)CC)sc1C=O. The molecule has 0 unspecified atom stereocenters. The average Bonchev–Trinajstić information content (AvgIpc) is 2.60. The molecule has 78 valence electrons. The number of carbonyl (C=O) groups is 1. The Kier molecular flexibility index (Phi) is 4.07. The van der Waals surface area contributed by atoms with Crippen molar-refractivity contribution in [3.05, 3.63) is 10.6 Å². The van der Waals surface area contributed by atoms with Crippen molar-refractivity contribution in [2.75, 3.05) is 18.5 Å². The monoisotopic (exact) mass is 212 g/mol. The Hall–Kier alpha value is -0.900. The highest BCUT2D eigenvalue weighted by atomic mass is 32.1. The minimum atomic E-state index is 0.780. The summed E-state index contributed by atoms with van der Waals surface area (Å²) in [5.74, 6) is 0. The van der Waals surface area contributed by atoms with Crippen LogP contribution in [0.5, 0.6) is 0 Å². The Morgan fingerprint density at radius 2 is 2.21 bits per heavy atom. The van der Waals surface area contributed by atoms with E-state index in [9.17, 15) is 4.79 Å². The normalized spacial score (nSPS) is 10.2. The minimum absolute atomic E-state index is 0.780. The highest BCUT2D eigenvalue weighted by Gasteiger charge is 2.11. The third-order valence-electron chi connectivity index (χ3n) is 2.11. The summed E-state index contributed by atoms with van der Waals surface area (Å²) in [5.41, 5.74) is 0.947. The number of hydrogen-bond donors (Lipinski definition) is 0. The standard InChI is InChI=1S/C10H16N2OS/c1-4-6-8-9(7-13)14-10(11-8)12(3)5-2/h7H,4-6H2,1-3H3. The number of aldehydes is 1. The van der Waals surface area contributed by atoms with Crippen molar-refractivity contribution in [2.45, 2.75) is 26.7 Å². The lowest BCUT2D eigenvalue weighted by Crippen LogP contribution is -2.15. The third kappa shape index (κ3) is 2.32. The Balaban J connectivity index is 2.93. The van der Waals surface area contributed by atoms with Crippen LogP contribution in [0, 0.1) is 0 Å². The van der Waals surface area contributed by atoms with Gasteiger partial charge in [-0.05, 0) is 13.3 Å². The highest BCUT2D eigenvalue weighted by Crippen LogP contribution is 2.24.